The Hall–Kier alpha value is -4.91. The van der Waals surface area contributed by atoms with Crippen molar-refractivity contribution < 1.29 is 54.8 Å². The molecule has 0 radical (unpaired) electrons. The molecule has 16 heteroatoms. The molecule has 0 atom stereocenters. The number of benzene rings is 5. The molecule has 296 valence electrons. The summed E-state index contributed by atoms with van der Waals surface area (Å²) in [4.78, 5) is 15.1. The van der Waals surface area contributed by atoms with E-state index >= 15 is 0 Å². The first-order chi connectivity index (χ1) is 25.8. The standard InChI is InChI=1S/C40H32F5N2O2.6FH.Sb/c1-40(2)31(20-13-24-11-17-28(18-12-24)46-21-5-6-22-46)47(30-19-16-26-7-3-4-8-29(26)32(30)40)23-25-9-14-27(15-10-25)39(48)49-38-36(44)34(42)33(41)35(43)37(38)45;;;;;;;/h3-4,7-20H,5-6,21-23H2,1-2H3;6*1H;/q+1;;;;;;;+5/p-6. The number of allylic oxidation sites excluding steroid dienone is 1. The average Bonchev–Trinajstić information content (AvgIpc) is 3.75. The van der Waals surface area contributed by atoms with Gasteiger partial charge in [0.2, 0.25) is 40.5 Å². The van der Waals surface area contributed by atoms with Gasteiger partial charge < -0.3 is 14.3 Å². The summed E-state index contributed by atoms with van der Waals surface area (Å²) in [6.07, 6.45) is 6.69. The van der Waals surface area contributed by atoms with Crippen LogP contribution in [0.15, 0.2) is 91.0 Å². The molecule has 1 fully saturated rings. The van der Waals surface area contributed by atoms with E-state index in [9.17, 15) is 40.8 Å². The first-order valence-corrected chi connectivity index (χ1v) is 21.7. The van der Waals surface area contributed by atoms with Gasteiger partial charge >= 0.3 is 40.3 Å². The fourth-order valence-corrected chi connectivity index (χ4v) is 6.91. The van der Waals surface area contributed by atoms with Crippen molar-refractivity contribution in [3.63, 3.8) is 0 Å². The van der Waals surface area contributed by atoms with Crippen LogP contribution in [0.2, 0.25) is 0 Å². The molecular weight excluding hydrogens is 871 g/mol. The third-order valence-corrected chi connectivity index (χ3v) is 9.45. The minimum atomic E-state index is -9.19. The second-order valence-corrected chi connectivity index (χ2v) is 17.2. The molecule has 7 rings (SSSR count). The maximum absolute atomic E-state index is 14.1. The molecular formula is C40H32F11N2O2Sb. The number of carbonyl (C=O) groups excluding carboxylic acids is 1. The van der Waals surface area contributed by atoms with E-state index in [1.807, 2.05) is 12.1 Å². The summed E-state index contributed by atoms with van der Waals surface area (Å²) in [6, 6.07) is 27.2. The predicted octanol–water partition coefficient (Wildman–Crippen LogP) is 8.37. The Labute approximate surface area is 318 Å². The van der Waals surface area contributed by atoms with E-state index in [-0.39, 0.29) is 15.7 Å². The molecule has 0 saturated carbocycles. The van der Waals surface area contributed by atoms with E-state index in [1.165, 1.54) is 36.2 Å². The number of carbonyl (C=O) groups is 1. The number of anilines is 1. The second-order valence-electron chi connectivity index (χ2n) is 13.5. The summed E-state index contributed by atoms with van der Waals surface area (Å²) in [6.45, 7) is 6.99. The number of esters is 1. The van der Waals surface area contributed by atoms with Crippen molar-refractivity contribution in [2.24, 2.45) is 0 Å². The fraction of sp³-hybridized carbons (Fsp3) is 0.200. The van der Waals surface area contributed by atoms with Gasteiger partial charge in [0.25, 0.3) is 0 Å². The van der Waals surface area contributed by atoms with Gasteiger partial charge in [-0.05, 0) is 79.4 Å². The van der Waals surface area contributed by atoms with Gasteiger partial charge in [-0.15, -0.1) is 0 Å². The minimum absolute atomic E-state index is 0. The number of rotatable bonds is 7. The first-order valence-electron chi connectivity index (χ1n) is 16.9. The Morgan fingerprint density at radius 3 is 1.89 bits per heavy atom. The molecule has 56 heavy (non-hydrogen) atoms. The molecule has 0 amide bonds. The van der Waals surface area contributed by atoms with Gasteiger partial charge in [-0.3, -0.25) is 0 Å². The summed E-state index contributed by atoms with van der Waals surface area (Å²) < 4.78 is 125. The number of halogens is 11. The zero-order chi connectivity index (χ0) is 39.9. The van der Waals surface area contributed by atoms with E-state index in [0.717, 1.165) is 46.4 Å². The number of nitrogens with zero attached hydrogens (tertiary/aromatic N) is 2. The summed E-state index contributed by atoms with van der Waals surface area (Å²) in [5, 5.41) is 2.29. The van der Waals surface area contributed by atoms with Crippen molar-refractivity contribution in [1.82, 2.24) is 0 Å². The number of hydrogen-bond acceptors (Lipinski definition) is 3. The van der Waals surface area contributed by atoms with Gasteiger partial charge in [0.1, 0.15) is 0 Å². The SMILES string of the molecule is CC1(C)C(/C=C/c2ccc(N3CCCC3)cc2)=[N+](Cc2ccc(C(=O)Oc3c(F)c(F)c(F)c(F)c3F)cc2)c2ccc3ccccc3c21.[F-].[F][Sb]([F])([F])([F])[F]. The third-order valence-electron chi connectivity index (χ3n) is 9.45. The topological polar surface area (TPSA) is 32.5 Å². The molecule has 2 aliphatic rings. The molecule has 1 saturated heterocycles. The van der Waals surface area contributed by atoms with Crippen LogP contribution in [0, 0.1) is 29.1 Å². The molecule has 2 heterocycles. The van der Waals surface area contributed by atoms with Crippen LogP contribution < -0.4 is 14.3 Å². The fourth-order valence-electron chi connectivity index (χ4n) is 6.91. The van der Waals surface area contributed by atoms with Crippen molar-refractivity contribution in [2.45, 2.75) is 38.6 Å². The van der Waals surface area contributed by atoms with Crippen molar-refractivity contribution in [3.05, 3.63) is 142 Å². The van der Waals surface area contributed by atoms with Crippen molar-refractivity contribution >= 4 is 60.2 Å². The van der Waals surface area contributed by atoms with Crippen LogP contribution in [0.25, 0.3) is 16.8 Å². The van der Waals surface area contributed by atoms with Gasteiger partial charge in [0.05, 0.1) is 11.0 Å². The van der Waals surface area contributed by atoms with E-state index in [1.54, 1.807) is 12.1 Å². The quantitative estimate of drug-likeness (QED) is 0.0314. The van der Waals surface area contributed by atoms with E-state index in [0.29, 0.717) is 6.54 Å². The van der Waals surface area contributed by atoms with Gasteiger partial charge in [0.15, 0.2) is 12.3 Å². The molecule has 2 aliphatic heterocycles. The monoisotopic (exact) mass is 902 g/mol. The van der Waals surface area contributed by atoms with Crippen LogP contribution in [-0.4, -0.2) is 49.6 Å². The van der Waals surface area contributed by atoms with Crippen LogP contribution in [-0.2, 0) is 12.0 Å². The van der Waals surface area contributed by atoms with Crippen LogP contribution in [0.4, 0.5) is 47.4 Å². The Kier molecular flexibility index (Phi) is 12.0. The maximum atomic E-state index is 14.1. The molecule has 5 aromatic rings. The molecule has 0 aromatic heterocycles. The van der Waals surface area contributed by atoms with E-state index < -0.39 is 61.1 Å². The number of hydrogen-bond donors (Lipinski definition) is 0. The first kappa shape index (κ1) is 42.2. The molecule has 0 N–H and O–H groups in total. The van der Waals surface area contributed by atoms with Gasteiger partial charge in [-0.2, -0.15) is 13.4 Å². The van der Waals surface area contributed by atoms with Gasteiger partial charge in [-0.1, -0.05) is 48.5 Å². The van der Waals surface area contributed by atoms with Crippen LogP contribution in [0.3, 0.4) is 0 Å². The van der Waals surface area contributed by atoms with E-state index in [4.69, 9.17) is 0 Å². The van der Waals surface area contributed by atoms with Gasteiger partial charge in [0, 0.05) is 42.0 Å². The third kappa shape index (κ3) is 9.20. The van der Waals surface area contributed by atoms with Crippen LogP contribution in [0.1, 0.15) is 53.7 Å². The number of fused-ring (bicyclic) bond motifs is 3. The molecule has 0 aliphatic carbocycles. The normalized spacial score (nSPS) is 15.6. The van der Waals surface area contributed by atoms with Gasteiger partial charge in [-0.25, -0.2) is 18.0 Å². The zero-order valence-corrected chi connectivity index (χ0v) is 32.1. The van der Waals surface area contributed by atoms with Crippen LogP contribution in [0.5, 0.6) is 5.75 Å². The molecule has 4 nitrogen and oxygen atoms in total. The summed E-state index contributed by atoms with van der Waals surface area (Å²) in [7, 11) is 0. The van der Waals surface area contributed by atoms with Crippen LogP contribution >= 0.6 is 0 Å². The summed E-state index contributed by atoms with van der Waals surface area (Å²) in [5.41, 5.74) is 5.91. The van der Waals surface area contributed by atoms with E-state index in [2.05, 4.69) is 88.7 Å². The van der Waals surface area contributed by atoms with Crippen molar-refractivity contribution in [2.75, 3.05) is 18.0 Å². The molecule has 0 spiro atoms. The molecule has 5 aromatic carbocycles. The summed E-state index contributed by atoms with van der Waals surface area (Å²) >= 11 is -9.19. The van der Waals surface area contributed by atoms with Crippen molar-refractivity contribution in [1.29, 1.82) is 0 Å². The zero-order valence-electron chi connectivity index (χ0n) is 29.6. The Morgan fingerprint density at radius 1 is 0.750 bits per heavy atom. The second kappa shape index (κ2) is 15.9. The molecule has 0 bridgehead atoms. The Bertz CT molecular complexity index is 2300. The van der Waals surface area contributed by atoms with Crippen molar-refractivity contribution in [3.8, 4) is 5.75 Å². The predicted molar refractivity (Wildman–Crippen MR) is 191 cm³/mol. The Morgan fingerprint density at radius 2 is 1.30 bits per heavy atom. The average molecular weight is 903 g/mol. The number of ether oxygens (including phenoxy) is 1. The molecule has 0 unspecified atom stereocenters. The Balaban J connectivity index is 0.000000796. The summed E-state index contributed by atoms with van der Waals surface area (Å²) in [5.74, 6) is -14.1.